The van der Waals surface area contributed by atoms with Crippen molar-refractivity contribution in [2.75, 3.05) is 6.61 Å². The van der Waals surface area contributed by atoms with E-state index in [1.165, 1.54) is 6.08 Å². The Morgan fingerprint density at radius 1 is 1.44 bits per heavy atom. The van der Waals surface area contributed by atoms with Crippen molar-refractivity contribution >= 4 is 23.6 Å². The van der Waals surface area contributed by atoms with E-state index in [9.17, 15) is 4.79 Å². The second-order valence-electron chi connectivity index (χ2n) is 3.94. The zero-order chi connectivity index (χ0) is 13.5. The minimum Gasteiger partial charge on any atom is -0.489 e. The van der Waals surface area contributed by atoms with Gasteiger partial charge in [-0.3, -0.25) is 0 Å². The highest BCUT2D eigenvalue weighted by Crippen LogP contribution is 2.26. The molecule has 0 aliphatic heterocycles. The third-order valence-corrected chi connectivity index (χ3v) is 2.31. The quantitative estimate of drug-likeness (QED) is 0.603. The fourth-order valence-electron chi connectivity index (χ4n) is 1.32. The summed E-state index contributed by atoms with van der Waals surface area (Å²) in [6.07, 6.45) is 3.10. The van der Waals surface area contributed by atoms with Crippen molar-refractivity contribution in [1.82, 2.24) is 0 Å². The van der Waals surface area contributed by atoms with Crippen LogP contribution >= 0.6 is 11.6 Å². The van der Waals surface area contributed by atoms with E-state index in [1.807, 2.05) is 19.9 Å². The summed E-state index contributed by atoms with van der Waals surface area (Å²) in [5.41, 5.74) is 0.823. The van der Waals surface area contributed by atoms with Crippen LogP contribution in [0, 0.1) is 0 Å². The van der Waals surface area contributed by atoms with Crippen LogP contribution in [0.15, 0.2) is 24.3 Å². The maximum absolute atomic E-state index is 11.1. The molecule has 0 fully saturated rings. The smallest absolute Gasteiger partial charge is 0.330 e. The molecule has 1 rings (SSSR count). The van der Waals surface area contributed by atoms with Crippen LogP contribution in [0.2, 0.25) is 5.02 Å². The first-order chi connectivity index (χ1) is 8.52. The van der Waals surface area contributed by atoms with Gasteiger partial charge < -0.3 is 9.47 Å². The number of rotatable bonds is 5. The minimum atomic E-state index is -0.365. The van der Waals surface area contributed by atoms with Gasteiger partial charge in [0.1, 0.15) is 5.75 Å². The van der Waals surface area contributed by atoms with Gasteiger partial charge in [-0.2, -0.15) is 0 Å². The first-order valence-corrected chi connectivity index (χ1v) is 6.21. The molecular weight excluding hydrogens is 252 g/mol. The van der Waals surface area contributed by atoms with Crippen LogP contribution < -0.4 is 4.74 Å². The Hall–Kier alpha value is -1.48. The fourth-order valence-corrected chi connectivity index (χ4v) is 1.56. The number of hydrogen-bond donors (Lipinski definition) is 0. The molecular formula is C14H17ClO3. The fraction of sp³-hybridized carbons (Fsp3) is 0.357. The Kier molecular flexibility index (Phi) is 5.72. The van der Waals surface area contributed by atoms with Gasteiger partial charge in [-0.15, -0.1) is 0 Å². The molecule has 3 nitrogen and oxygen atoms in total. The highest BCUT2D eigenvalue weighted by Gasteiger charge is 2.04. The molecule has 0 aliphatic carbocycles. The Balaban J connectivity index is 2.75. The van der Waals surface area contributed by atoms with Crippen LogP contribution in [0.25, 0.3) is 6.08 Å². The lowest BCUT2D eigenvalue weighted by Gasteiger charge is -2.11. The van der Waals surface area contributed by atoms with Gasteiger partial charge in [-0.25, -0.2) is 4.79 Å². The topological polar surface area (TPSA) is 35.5 Å². The first-order valence-electron chi connectivity index (χ1n) is 5.84. The first kappa shape index (κ1) is 14.6. The molecule has 4 heteroatoms. The maximum atomic E-state index is 11.1. The predicted molar refractivity (Wildman–Crippen MR) is 72.9 cm³/mol. The molecule has 0 heterocycles. The van der Waals surface area contributed by atoms with E-state index in [-0.39, 0.29) is 12.1 Å². The van der Waals surface area contributed by atoms with Gasteiger partial charge in [0, 0.05) is 6.08 Å². The van der Waals surface area contributed by atoms with Gasteiger partial charge in [0.15, 0.2) is 0 Å². The van der Waals surface area contributed by atoms with Gasteiger partial charge >= 0.3 is 5.97 Å². The summed E-state index contributed by atoms with van der Waals surface area (Å²) >= 11 is 6.07. The third kappa shape index (κ3) is 4.80. The summed E-state index contributed by atoms with van der Waals surface area (Å²) in [7, 11) is 0. The van der Waals surface area contributed by atoms with E-state index in [0.717, 1.165) is 5.56 Å². The molecule has 0 bridgehead atoms. The molecule has 0 saturated carbocycles. The summed E-state index contributed by atoms with van der Waals surface area (Å²) in [6.45, 7) is 6.00. The Labute approximate surface area is 112 Å². The van der Waals surface area contributed by atoms with Gasteiger partial charge in [0.2, 0.25) is 0 Å². The molecule has 0 atom stereocenters. The number of carbonyl (C=O) groups excluding carboxylic acids is 1. The van der Waals surface area contributed by atoms with Crippen LogP contribution in [-0.4, -0.2) is 18.7 Å². The standard InChI is InChI=1S/C14H17ClO3/c1-4-17-14(16)8-6-11-5-7-13(12(15)9-11)18-10(2)3/h5-10H,4H2,1-3H3/b8-6+. The molecule has 0 radical (unpaired) electrons. The van der Waals surface area contributed by atoms with E-state index < -0.39 is 0 Å². The number of benzene rings is 1. The minimum absolute atomic E-state index is 0.0726. The predicted octanol–water partition coefficient (Wildman–Crippen LogP) is 3.70. The van der Waals surface area contributed by atoms with Crippen molar-refractivity contribution in [3.8, 4) is 5.75 Å². The van der Waals surface area contributed by atoms with Gasteiger partial charge in [0.05, 0.1) is 17.7 Å². The Morgan fingerprint density at radius 2 is 2.17 bits per heavy atom. The van der Waals surface area contributed by atoms with Crippen molar-refractivity contribution in [2.24, 2.45) is 0 Å². The van der Waals surface area contributed by atoms with Crippen LogP contribution in [0.5, 0.6) is 5.75 Å². The Bertz CT molecular complexity index is 439. The van der Waals surface area contributed by atoms with Crippen LogP contribution in [-0.2, 0) is 9.53 Å². The molecule has 98 valence electrons. The maximum Gasteiger partial charge on any atom is 0.330 e. The molecule has 0 aliphatic rings. The molecule has 0 amide bonds. The monoisotopic (exact) mass is 268 g/mol. The van der Waals surface area contributed by atoms with E-state index in [0.29, 0.717) is 17.4 Å². The number of esters is 1. The lowest BCUT2D eigenvalue weighted by Crippen LogP contribution is -2.05. The van der Waals surface area contributed by atoms with Crippen molar-refractivity contribution in [3.63, 3.8) is 0 Å². The van der Waals surface area contributed by atoms with Crippen LogP contribution in [0.4, 0.5) is 0 Å². The number of carbonyl (C=O) groups is 1. The number of hydrogen-bond acceptors (Lipinski definition) is 3. The zero-order valence-electron chi connectivity index (χ0n) is 10.8. The van der Waals surface area contributed by atoms with E-state index >= 15 is 0 Å². The summed E-state index contributed by atoms with van der Waals surface area (Å²) < 4.78 is 10.3. The second-order valence-corrected chi connectivity index (χ2v) is 4.35. The summed E-state index contributed by atoms with van der Waals surface area (Å²) in [6, 6.07) is 5.36. The molecule has 0 unspecified atom stereocenters. The SMILES string of the molecule is CCOC(=O)/C=C/c1ccc(OC(C)C)c(Cl)c1. The molecule has 0 saturated heterocycles. The van der Waals surface area contributed by atoms with Crippen molar-refractivity contribution in [3.05, 3.63) is 34.9 Å². The molecule has 1 aromatic carbocycles. The summed E-state index contributed by atoms with van der Waals surface area (Å²) in [5, 5.41) is 0.523. The summed E-state index contributed by atoms with van der Waals surface area (Å²) in [5.74, 6) is 0.274. The number of halogens is 1. The summed E-state index contributed by atoms with van der Waals surface area (Å²) in [4.78, 5) is 11.1. The number of ether oxygens (including phenoxy) is 2. The van der Waals surface area contributed by atoms with E-state index in [1.54, 1.807) is 25.1 Å². The van der Waals surface area contributed by atoms with Crippen LogP contribution in [0.3, 0.4) is 0 Å². The third-order valence-electron chi connectivity index (χ3n) is 2.02. The van der Waals surface area contributed by atoms with Crippen molar-refractivity contribution < 1.29 is 14.3 Å². The molecule has 0 N–H and O–H groups in total. The normalized spacial score (nSPS) is 10.9. The zero-order valence-corrected chi connectivity index (χ0v) is 11.5. The Morgan fingerprint density at radius 3 is 2.72 bits per heavy atom. The average molecular weight is 269 g/mol. The van der Waals surface area contributed by atoms with E-state index in [2.05, 4.69) is 0 Å². The van der Waals surface area contributed by atoms with Gasteiger partial charge in [-0.1, -0.05) is 17.7 Å². The average Bonchev–Trinajstić information content (AvgIpc) is 2.29. The molecule has 1 aromatic rings. The van der Waals surface area contributed by atoms with Crippen molar-refractivity contribution in [2.45, 2.75) is 26.9 Å². The molecule has 0 spiro atoms. The van der Waals surface area contributed by atoms with Gasteiger partial charge in [0.25, 0.3) is 0 Å². The molecule has 18 heavy (non-hydrogen) atoms. The highest BCUT2D eigenvalue weighted by atomic mass is 35.5. The second kappa shape index (κ2) is 7.07. The van der Waals surface area contributed by atoms with Crippen LogP contribution in [0.1, 0.15) is 26.3 Å². The lowest BCUT2D eigenvalue weighted by atomic mass is 10.2. The lowest BCUT2D eigenvalue weighted by molar-refractivity contribution is -0.137. The van der Waals surface area contributed by atoms with Gasteiger partial charge in [-0.05, 0) is 44.5 Å². The largest absolute Gasteiger partial charge is 0.489 e. The van der Waals surface area contributed by atoms with Crippen molar-refractivity contribution in [1.29, 1.82) is 0 Å². The molecule has 0 aromatic heterocycles. The van der Waals surface area contributed by atoms with E-state index in [4.69, 9.17) is 21.1 Å². The highest BCUT2D eigenvalue weighted by molar-refractivity contribution is 6.32.